The first kappa shape index (κ1) is 17.1. The Morgan fingerprint density at radius 2 is 2.04 bits per heavy atom. The molecule has 1 aromatic carbocycles. The van der Waals surface area contributed by atoms with Crippen LogP contribution in [-0.2, 0) is 10.1 Å². The first-order chi connectivity index (χ1) is 11.8. The van der Waals surface area contributed by atoms with Gasteiger partial charge in [-0.3, -0.25) is 0 Å². The van der Waals surface area contributed by atoms with E-state index in [9.17, 15) is 13.6 Å². The smallest absolute Gasteiger partial charge is 0.364 e. The van der Waals surface area contributed by atoms with Crippen molar-refractivity contribution < 1.29 is 23.0 Å². The Kier molecular flexibility index (Phi) is 4.30. The normalized spacial score (nSPS) is 11.6. The molecular weight excluding hydrogens is 356 g/mol. The van der Waals surface area contributed by atoms with Gasteiger partial charge in [0.1, 0.15) is 17.0 Å². The highest BCUT2D eigenvalue weighted by Gasteiger charge is 2.33. The van der Waals surface area contributed by atoms with E-state index in [0.717, 1.165) is 16.8 Å². The molecule has 6 nitrogen and oxygen atoms in total. The Balaban J connectivity index is 2.30. The third kappa shape index (κ3) is 3.12. The van der Waals surface area contributed by atoms with E-state index in [0.29, 0.717) is 11.3 Å². The van der Waals surface area contributed by atoms with Gasteiger partial charge in [-0.1, -0.05) is 12.1 Å². The second-order valence-electron chi connectivity index (χ2n) is 5.04. The molecule has 25 heavy (non-hydrogen) atoms. The van der Waals surface area contributed by atoms with Crippen LogP contribution in [0.4, 0.5) is 8.78 Å². The van der Waals surface area contributed by atoms with Gasteiger partial charge in [-0.25, -0.2) is 14.3 Å². The lowest BCUT2D eigenvalue weighted by molar-refractivity contribution is 0.0602. The topological polar surface area (TPSA) is 65.7 Å². The first-order valence-corrected chi connectivity index (χ1v) is 7.41. The number of hydrogen-bond donors (Lipinski definition) is 0. The van der Waals surface area contributed by atoms with Crippen LogP contribution in [0.15, 0.2) is 36.5 Å². The number of methoxy groups -OCH3 is 2. The number of halogens is 3. The van der Waals surface area contributed by atoms with Crippen molar-refractivity contribution >= 4 is 23.2 Å². The Hall–Kier alpha value is -2.74. The van der Waals surface area contributed by atoms with Crippen LogP contribution in [-0.4, -0.2) is 34.8 Å². The zero-order chi connectivity index (χ0) is 18.2. The van der Waals surface area contributed by atoms with Crippen LogP contribution < -0.4 is 4.74 Å². The third-order valence-corrected chi connectivity index (χ3v) is 3.73. The molecule has 2 heterocycles. The molecule has 0 radical (unpaired) electrons. The molecule has 9 heteroatoms. The Morgan fingerprint density at radius 3 is 2.68 bits per heavy atom. The number of fused-ring (bicyclic) bond motifs is 1. The van der Waals surface area contributed by atoms with E-state index in [1.165, 1.54) is 14.2 Å². The number of carbonyl (C=O) groups excluding carboxylic acids is 1. The SMILES string of the molecule is COC(=O)c1cnn2c(C(F)(F)Cl)cc(-c3cccc(OC)c3)nc12. The molecule has 0 aliphatic rings. The number of rotatable bonds is 4. The first-order valence-electron chi connectivity index (χ1n) is 7.04. The molecule has 2 aromatic heterocycles. The maximum absolute atomic E-state index is 13.9. The van der Waals surface area contributed by atoms with Crippen LogP contribution in [0.1, 0.15) is 16.1 Å². The highest BCUT2D eigenvalue weighted by Crippen LogP contribution is 2.35. The average Bonchev–Trinajstić information content (AvgIpc) is 3.03. The molecule has 0 unspecified atom stereocenters. The van der Waals surface area contributed by atoms with Gasteiger partial charge < -0.3 is 9.47 Å². The zero-order valence-corrected chi connectivity index (χ0v) is 13.9. The summed E-state index contributed by atoms with van der Waals surface area (Å²) in [7, 11) is 2.66. The maximum atomic E-state index is 13.9. The van der Waals surface area contributed by atoms with Crippen molar-refractivity contribution in [1.82, 2.24) is 14.6 Å². The average molecular weight is 368 g/mol. The fourth-order valence-corrected chi connectivity index (χ4v) is 2.48. The summed E-state index contributed by atoms with van der Waals surface area (Å²) in [5.41, 5.74) is -0.0440. The summed E-state index contributed by atoms with van der Waals surface area (Å²) in [5.74, 6) is -0.214. The van der Waals surface area contributed by atoms with E-state index in [1.807, 2.05) is 0 Å². The number of alkyl halides is 3. The van der Waals surface area contributed by atoms with Crippen LogP contribution >= 0.6 is 11.6 Å². The largest absolute Gasteiger partial charge is 0.497 e. The van der Waals surface area contributed by atoms with Gasteiger partial charge in [0.05, 0.1) is 26.1 Å². The highest BCUT2D eigenvalue weighted by molar-refractivity contribution is 6.21. The summed E-state index contributed by atoms with van der Waals surface area (Å²) in [6, 6.07) is 7.81. The Morgan fingerprint density at radius 1 is 1.28 bits per heavy atom. The zero-order valence-electron chi connectivity index (χ0n) is 13.2. The Labute approximate surface area is 145 Å². The van der Waals surface area contributed by atoms with Crippen molar-refractivity contribution in [3.05, 3.63) is 47.8 Å². The molecular formula is C16H12ClF2N3O3. The molecule has 0 amide bonds. The minimum absolute atomic E-state index is 0.0468. The molecule has 0 aliphatic carbocycles. The van der Waals surface area contributed by atoms with Crippen LogP contribution in [0.25, 0.3) is 16.9 Å². The van der Waals surface area contributed by atoms with Crippen molar-refractivity contribution in [3.8, 4) is 17.0 Å². The molecule has 0 aliphatic heterocycles. The van der Waals surface area contributed by atoms with Gasteiger partial charge in [0.15, 0.2) is 5.65 Å². The van der Waals surface area contributed by atoms with Gasteiger partial charge in [-0.2, -0.15) is 13.9 Å². The molecule has 0 spiro atoms. The lowest BCUT2D eigenvalue weighted by atomic mass is 10.1. The predicted octanol–water partition coefficient (Wildman–Crippen LogP) is 3.48. The molecule has 0 saturated carbocycles. The van der Waals surface area contributed by atoms with Crippen molar-refractivity contribution in [2.75, 3.05) is 14.2 Å². The van der Waals surface area contributed by atoms with E-state index in [1.54, 1.807) is 24.3 Å². The predicted molar refractivity (Wildman–Crippen MR) is 86.1 cm³/mol. The standard InChI is InChI=1S/C16H12ClF2N3O3/c1-24-10-5-3-4-9(6-10)12-7-13(16(17,18)19)22-14(21-12)11(8-20-22)15(23)25-2/h3-8H,1-2H3. The summed E-state index contributed by atoms with van der Waals surface area (Å²) in [6.07, 6.45) is 1.11. The van der Waals surface area contributed by atoms with Gasteiger partial charge in [-0.15, -0.1) is 0 Å². The van der Waals surface area contributed by atoms with Gasteiger partial charge in [0.25, 0.3) is 0 Å². The van der Waals surface area contributed by atoms with Crippen molar-refractivity contribution in [2.45, 2.75) is 5.38 Å². The van der Waals surface area contributed by atoms with Crippen molar-refractivity contribution in [3.63, 3.8) is 0 Å². The summed E-state index contributed by atoms with van der Waals surface area (Å²) in [4.78, 5) is 16.1. The molecule has 0 fully saturated rings. The molecule has 0 atom stereocenters. The number of aromatic nitrogens is 3. The van der Waals surface area contributed by atoms with E-state index >= 15 is 0 Å². The third-order valence-electron chi connectivity index (χ3n) is 3.53. The maximum Gasteiger partial charge on any atom is 0.364 e. The van der Waals surface area contributed by atoms with E-state index < -0.39 is 17.0 Å². The lowest BCUT2D eigenvalue weighted by Gasteiger charge is -2.13. The number of esters is 1. The van der Waals surface area contributed by atoms with Crippen LogP contribution in [0.3, 0.4) is 0 Å². The quantitative estimate of drug-likeness (QED) is 0.521. The van der Waals surface area contributed by atoms with Crippen LogP contribution in [0.5, 0.6) is 5.75 Å². The van der Waals surface area contributed by atoms with Gasteiger partial charge >= 0.3 is 11.4 Å². The van der Waals surface area contributed by atoms with E-state index in [-0.39, 0.29) is 16.9 Å². The number of nitrogens with zero attached hydrogens (tertiary/aromatic N) is 3. The number of benzene rings is 1. The minimum Gasteiger partial charge on any atom is -0.497 e. The van der Waals surface area contributed by atoms with Gasteiger partial charge in [0.2, 0.25) is 0 Å². The number of carbonyl (C=O) groups is 1. The summed E-state index contributed by atoms with van der Waals surface area (Å²) in [6.45, 7) is 0. The lowest BCUT2D eigenvalue weighted by Crippen LogP contribution is -2.13. The summed E-state index contributed by atoms with van der Waals surface area (Å²) >= 11 is 5.22. The Bertz CT molecular complexity index is 953. The molecule has 0 bridgehead atoms. The molecule has 130 valence electrons. The van der Waals surface area contributed by atoms with Crippen molar-refractivity contribution in [2.24, 2.45) is 0 Å². The van der Waals surface area contributed by atoms with Gasteiger partial charge in [0, 0.05) is 5.56 Å². The monoisotopic (exact) mass is 367 g/mol. The number of hydrogen-bond acceptors (Lipinski definition) is 5. The van der Waals surface area contributed by atoms with E-state index in [2.05, 4.69) is 14.8 Å². The van der Waals surface area contributed by atoms with Gasteiger partial charge in [-0.05, 0) is 29.8 Å². The summed E-state index contributed by atoms with van der Waals surface area (Å²) in [5, 5.41) is 0.0727. The molecule has 0 N–H and O–H groups in total. The molecule has 3 aromatic rings. The second-order valence-corrected chi connectivity index (χ2v) is 5.52. The van der Waals surface area contributed by atoms with Crippen LogP contribution in [0.2, 0.25) is 0 Å². The number of ether oxygens (including phenoxy) is 2. The molecule has 0 saturated heterocycles. The fraction of sp³-hybridized carbons (Fsp3) is 0.188. The highest BCUT2D eigenvalue weighted by atomic mass is 35.5. The minimum atomic E-state index is -3.71. The van der Waals surface area contributed by atoms with Crippen LogP contribution in [0, 0.1) is 0 Å². The second kappa shape index (κ2) is 6.29. The summed E-state index contributed by atoms with van der Waals surface area (Å²) < 4.78 is 38.3. The van der Waals surface area contributed by atoms with Crippen molar-refractivity contribution in [1.29, 1.82) is 0 Å². The van der Waals surface area contributed by atoms with E-state index in [4.69, 9.17) is 16.3 Å². The molecule has 3 rings (SSSR count). The fourth-order valence-electron chi connectivity index (χ4n) is 2.35.